The van der Waals surface area contributed by atoms with E-state index < -0.39 is 5.82 Å². The monoisotopic (exact) mass is 306 g/mol. The maximum absolute atomic E-state index is 13.4. The Kier molecular flexibility index (Phi) is 4.81. The van der Waals surface area contributed by atoms with Crippen molar-refractivity contribution in [2.45, 2.75) is 13.5 Å². The van der Waals surface area contributed by atoms with Gasteiger partial charge in [0.2, 0.25) is 0 Å². The van der Waals surface area contributed by atoms with Crippen molar-refractivity contribution in [2.24, 2.45) is 0 Å². The van der Waals surface area contributed by atoms with Gasteiger partial charge in [-0.25, -0.2) is 4.39 Å². The highest BCUT2D eigenvalue weighted by atomic mass is 35.5. The van der Waals surface area contributed by atoms with E-state index in [1.54, 1.807) is 25.2 Å². The van der Waals surface area contributed by atoms with Crippen LogP contribution in [-0.4, -0.2) is 13.0 Å². The van der Waals surface area contributed by atoms with Gasteiger partial charge in [0.15, 0.2) is 0 Å². The third-order valence-corrected chi connectivity index (χ3v) is 3.50. The van der Waals surface area contributed by atoms with Crippen LogP contribution in [0.1, 0.15) is 21.5 Å². The van der Waals surface area contributed by atoms with Crippen molar-refractivity contribution in [3.8, 4) is 0 Å². The Morgan fingerprint density at radius 1 is 1.24 bits per heavy atom. The maximum Gasteiger partial charge on any atom is 0.251 e. The van der Waals surface area contributed by atoms with Crippen LogP contribution in [0.4, 0.5) is 10.1 Å². The van der Waals surface area contributed by atoms with Crippen molar-refractivity contribution in [1.82, 2.24) is 5.32 Å². The summed E-state index contributed by atoms with van der Waals surface area (Å²) in [6.45, 7) is 2.39. The Bertz CT molecular complexity index is 673. The summed E-state index contributed by atoms with van der Waals surface area (Å²) in [4.78, 5) is 11.6. The predicted octanol–water partition coefficient (Wildman–Crippen LogP) is 3.76. The third-order valence-electron chi connectivity index (χ3n) is 3.19. The van der Waals surface area contributed by atoms with E-state index in [9.17, 15) is 9.18 Å². The molecule has 1 amide bonds. The van der Waals surface area contributed by atoms with Gasteiger partial charge in [-0.05, 0) is 42.3 Å². The second-order valence-electron chi connectivity index (χ2n) is 4.71. The molecule has 0 saturated carbocycles. The lowest BCUT2D eigenvalue weighted by atomic mass is 10.1. The first-order chi connectivity index (χ1) is 10.0. The summed E-state index contributed by atoms with van der Waals surface area (Å²) in [7, 11) is 1.59. The quantitative estimate of drug-likeness (QED) is 0.903. The minimum atomic E-state index is -0.438. The zero-order chi connectivity index (χ0) is 15.4. The zero-order valence-electron chi connectivity index (χ0n) is 11.8. The molecule has 0 saturated heterocycles. The normalized spacial score (nSPS) is 10.3. The number of hydrogen-bond acceptors (Lipinski definition) is 2. The molecule has 0 aliphatic heterocycles. The summed E-state index contributed by atoms with van der Waals surface area (Å²) >= 11 is 5.65. The Morgan fingerprint density at radius 2 is 2.00 bits per heavy atom. The van der Waals surface area contributed by atoms with Crippen molar-refractivity contribution in [3.05, 3.63) is 63.9 Å². The lowest BCUT2D eigenvalue weighted by molar-refractivity contribution is 0.0963. The number of aryl methyl sites for hydroxylation is 1. The summed E-state index contributed by atoms with van der Waals surface area (Å²) < 4.78 is 13.4. The lowest BCUT2D eigenvalue weighted by Crippen LogP contribution is -2.18. The Balaban J connectivity index is 2.15. The van der Waals surface area contributed by atoms with E-state index in [1.165, 1.54) is 12.1 Å². The second kappa shape index (κ2) is 6.59. The van der Waals surface area contributed by atoms with Crippen LogP contribution in [-0.2, 0) is 6.54 Å². The van der Waals surface area contributed by atoms with E-state index >= 15 is 0 Å². The molecule has 0 aliphatic rings. The first-order valence-electron chi connectivity index (χ1n) is 6.52. The van der Waals surface area contributed by atoms with E-state index in [-0.39, 0.29) is 10.9 Å². The number of halogens is 2. The first kappa shape index (κ1) is 15.3. The molecule has 21 heavy (non-hydrogen) atoms. The molecule has 0 atom stereocenters. The van der Waals surface area contributed by atoms with Gasteiger partial charge in [-0.2, -0.15) is 0 Å². The minimum Gasteiger partial charge on any atom is -0.381 e. The minimum absolute atomic E-state index is 0.108. The van der Waals surface area contributed by atoms with Gasteiger partial charge in [-0.3, -0.25) is 4.79 Å². The molecular formula is C16H16ClFN2O. The largest absolute Gasteiger partial charge is 0.381 e. The molecule has 3 nitrogen and oxygen atoms in total. The van der Waals surface area contributed by atoms with Gasteiger partial charge in [0.05, 0.1) is 5.02 Å². The summed E-state index contributed by atoms with van der Waals surface area (Å²) in [6.07, 6.45) is 0. The van der Waals surface area contributed by atoms with Gasteiger partial charge < -0.3 is 10.6 Å². The molecule has 0 aromatic heterocycles. The number of hydrogen-bond donors (Lipinski definition) is 2. The van der Waals surface area contributed by atoms with E-state index in [0.29, 0.717) is 12.1 Å². The molecule has 2 rings (SSSR count). The lowest BCUT2D eigenvalue weighted by Gasteiger charge is -2.11. The first-order valence-corrected chi connectivity index (χ1v) is 6.89. The van der Waals surface area contributed by atoms with Gasteiger partial charge in [0.1, 0.15) is 5.82 Å². The number of nitrogens with one attached hydrogen (secondary N) is 2. The van der Waals surface area contributed by atoms with Crippen LogP contribution in [0.2, 0.25) is 5.02 Å². The summed E-state index contributed by atoms with van der Waals surface area (Å²) in [5, 5.41) is 5.90. The molecule has 2 aromatic carbocycles. The number of carbonyl (C=O) groups excluding carboxylic acids is 1. The highest BCUT2D eigenvalue weighted by Crippen LogP contribution is 2.20. The van der Waals surface area contributed by atoms with Crippen molar-refractivity contribution in [1.29, 1.82) is 0 Å². The number of anilines is 1. The van der Waals surface area contributed by atoms with Crippen molar-refractivity contribution in [3.63, 3.8) is 0 Å². The molecule has 0 fully saturated rings. The molecule has 0 radical (unpaired) electrons. The summed E-state index contributed by atoms with van der Waals surface area (Å²) in [5.41, 5.74) is 3.21. The van der Waals surface area contributed by atoms with Crippen LogP contribution in [0.25, 0.3) is 0 Å². The highest BCUT2D eigenvalue weighted by Gasteiger charge is 2.07. The smallest absolute Gasteiger partial charge is 0.251 e. The Hall–Kier alpha value is -2.07. The number of benzene rings is 2. The topological polar surface area (TPSA) is 41.1 Å². The van der Waals surface area contributed by atoms with Crippen molar-refractivity contribution >= 4 is 23.2 Å². The average molecular weight is 307 g/mol. The molecular weight excluding hydrogens is 291 g/mol. The van der Waals surface area contributed by atoms with Gasteiger partial charge in [-0.15, -0.1) is 0 Å². The van der Waals surface area contributed by atoms with E-state index in [2.05, 4.69) is 10.6 Å². The van der Waals surface area contributed by atoms with E-state index in [0.717, 1.165) is 16.8 Å². The Labute approximate surface area is 128 Å². The molecule has 5 heteroatoms. The predicted molar refractivity (Wildman–Crippen MR) is 83.3 cm³/mol. The van der Waals surface area contributed by atoms with Gasteiger partial charge in [0.25, 0.3) is 5.91 Å². The zero-order valence-corrected chi connectivity index (χ0v) is 12.6. The molecule has 0 heterocycles. The molecule has 0 spiro atoms. The van der Waals surface area contributed by atoms with Crippen LogP contribution in [0.15, 0.2) is 36.4 Å². The molecule has 2 aromatic rings. The van der Waals surface area contributed by atoms with Crippen LogP contribution in [0.3, 0.4) is 0 Å². The number of carbonyl (C=O) groups is 1. The van der Waals surface area contributed by atoms with E-state index in [4.69, 9.17) is 11.6 Å². The van der Waals surface area contributed by atoms with Gasteiger partial charge in [-0.1, -0.05) is 23.7 Å². The van der Waals surface area contributed by atoms with Crippen LogP contribution in [0, 0.1) is 12.7 Å². The second-order valence-corrected chi connectivity index (χ2v) is 5.12. The fraction of sp³-hybridized carbons (Fsp3) is 0.188. The average Bonchev–Trinajstić information content (AvgIpc) is 2.49. The van der Waals surface area contributed by atoms with E-state index in [1.807, 2.05) is 13.0 Å². The number of amides is 1. The standard InChI is InChI=1S/C16H16ClFN2O/c1-10-3-5-12(16(21)19-2)8-15(10)20-9-11-4-6-13(17)14(18)7-11/h3-8,20H,9H2,1-2H3,(H,19,21). The summed E-state index contributed by atoms with van der Waals surface area (Å²) in [5.74, 6) is -0.581. The number of rotatable bonds is 4. The van der Waals surface area contributed by atoms with Crippen LogP contribution < -0.4 is 10.6 Å². The molecule has 0 unspecified atom stereocenters. The highest BCUT2D eigenvalue weighted by molar-refractivity contribution is 6.30. The molecule has 110 valence electrons. The summed E-state index contributed by atoms with van der Waals surface area (Å²) in [6, 6.07) is 10.1. The molecule has 0 aliphatic carbocycles. The molecule has 0 bridgehead atoms. The fourth-order valence-corrected chi connectivity index (χ4v) is 2.06. The molecule has 2 N–H and O–H groups in total. The van der Waals surface area contributed by atoms with Crippen molar-refractivity contribution < 1.29 is 9.18 Å². The van der Waals surface area contributed by atoms with Gasteiger partial charge >= 0.3 is 0 Å². The Morgan fingerprint density at radius 3 is 2.67 bits per heavy atom. The van der Waals surface area contributed by atoms with Crippen LogP contribution >= 0.6 is 11.6 Å². The maximum atomic E-state index is 13.4. The van der Waals surface area contributed by atoms with Crippen LogP contribution in [0.5, 0.6) is 0 Å². The van der Waals surface area contributed by atoms with Crippen molar-refractivity contribution in [2.75, 3.05) is 12.4 Å². The third kappa shape index (κ3) is 3.73. The SMILES string of the molecule is CNC(=O)c1ccc(C)c(NCc2ccc(Cl)c(F)c2)c1. The van der Waals surface area contributed by atoms with Gasteiger partial charge in [0, 0.05) is 24.8 Å². The fourth-order valence-electron chi connectivity index (χ4n) is 1.94.